The number of benzene rings is 1. The summed E-state index contributed by atoms with van der Waals surface area (Å²) in [6.45, 7) is 12.0. The summed E-state index contributed by atoms with van der Waals surface area (Å²) in [5, 5.41) is 10.4. The quantitative estimate of drug-likeness (QED) is 0.744. The van der Waals surface area contributed by atoms with Crippen molar-refractivity contribution in [3.05, 3.63) is 34.4 Å². The Morgan fingerprint density at radius 2 is 1.97 bits per heavy atom. The third kappa shape index (κ3) is 5.20. The van der Waals surface area contributed by atoms with E-state index in [1.807, 2.05) is 18.2 Å². The molecule has 0 amide bonds. The number of ether oxygens (including phenoxy) is 1. The summed E-state index contributed by atoms with van der Waals surface area (Å²) < 4.78 is 5.94. The highest BCUT2D eigenvalue weighted by atomic mass is 35.5. The standard InChI is InChI=1S/C24H36ClN3O2/c1-18(2)27-8-5-22(6-9-27)28-11-10-26(16-23(28)7-12-29)15-19-13-20-14-21(25)3-4-24(20)30-17-19/h3-4,13-14,18,22-23,29H,5-12,15-17H2,1-2H3. The molecule has 6 heteroatoms. The molecule has 2 fully saturated rings. The van der Waals surface area contributed by atoms with E-state index in [4.69, 9.17) is 16.3 Å². The first kappa shape index (κ1) is 22.1. The molecule has 1 N–H and O–H groups in total. The summed E-state index contributed by atoms with van der Waals surface area (Å²) >= 11 is 6.16. The lowest BCUT2D eigenvalue weighted by Crippen LogP contribution is -2.59. The van der Waals surface area contributed by atoms with Gasteiger partial charge in [-0.3, -0.25) is 9.80 Å². The highest BCUT2D eigenvalue weighted by molar-refractivity contribution is 6.30. The monoisotopic (exact) mass is 433 g/mol. The van der Waals surface area contributed by atoms with E-state index in [2.05, 4.69) is 34.6 Å². The molecule has 3 aliphatic rings. The van der Waals surface area contributed by atoms with Gasteiger partial charge in [-0.2, -0.15) is 0 Å². The Bertz CT molecular complexity index is 746. The van der Waals surface area contributed by atoms with E-state index in [-0.39, 0.29) is 6.61 Å². The molecule has 2 saturated heterocycles. The molecule has 3 heterocycles. The molecule has 1 aromatic carbocycles. The average molecular weight is 434 g/mol. The van der Waals surface area contributed by atoms with E-state index in [0.29, 0.717) is 24.7 Å². The number of aliphatic hydroxyl groups excluding tert-OH is 1. The van der Waals surface area contributed by atoms with Gasteiger partial charge in [-0.1, -0.05) is 11.6 Å². The summed E-state index contributed by atoms with van der Waals surface area (Å²) in [6.07, 6.45) is 5.59. The molecule has 3 aliphatic heterocycles. The number of piperidine rings is 1. The van der Waals surface area contributed by atoms with Gasteiger partial charge in [0.2, 0.25) is 0 Å². The maximum absolute atomic E-state index is 9.70. The molecule has 0 bridgehead atoms. The molecule has 0 aliphatic carbocycles. The van der Waals surface area contributed by atoms with Crippen LogP contribution in [0.5, 0.6) is 5.75 Å². The van der Waals surface area contributed by atoms with Crippen molar-refractivity contribution in [1.29, 1.82) is 0 Å². The Labute approximate surface area is 186 Å². The SMILES string of the molecule is CC(C)N1CCC(N2CCN(CC3=Cc4cc(Cl)ccc4OC3)CC2CCO)CC1. The fourth-order valence-electron chi connectivity index (χ4n) is 5.27. The number of nitrogens with zero attached hydrogens (tertiary/aromatic N) is 3. The van der Waals surface area contributed by atoms with Crippen molar-refractivity contribution in [2.24, 2.45) is 0 Å². The van der Waals surface area contributed by atoms with Crippen molar-refractivity contribution < 1.29 is 9.84 Å². The first-order valence-corrected chi connectivity index (χ1v) is 11.9. The van der Waals surface area contributed by atoms with Crippen molar-refractivity contribution in [2.45, 2.75) is 51.2 Å². The molecule has 0 radical (unpaired) electrons. The zero-order chi connectivity index (χ0) is 21.1. The third-order valence-corrected chi connectivity index (χ3v) is 7.18. The Balaban J connectivity index is 1.36. The summed E-state index contributed by atoms with van der Waals surface area (Å²) in [6, 6.07) is 7.54. The molecule has 1 atom stereocenters. The van der Waals surface area contributed by atoms with Crippen molar-refractivity contribution in [3.8, 4) is 5.75 Å². The van der Waals surface area contributed by atoms with Gasteiger partial charge in [0.1, 0.15) is 12.4 Å². The van der Waals surface area contributed by atoms with Gasteiger partial charge in [-0.05, 0) is 76.0 Å². The second kappa shape index (κ2) is 10.0. The van der Waals surface area contributed by atoms with Gasteiger partial charge in [-0.25, -0.2) is 0 Å². The van der Waals surface area contributed by atoms with Crippen LogP contribution < -0.4 is 4.74 Å². The molecule has 0 aromatic heterocycles. The first-order chi connectivity index (χ1) is 14.5. The smallest absolute Gasteiger partial charge is 0.127 e. The summed E-state index contributed by atoms with van der Waals surface area (Å²) in [4.78, 5) is 7.82. The van der Waals surface area contributed by atoms with Gasteiger partial charge in [0.25, 0.3) is 0 Å². The number of piperazine rings is 1. The van der Waals surface area contributed by atoms with Gasteiger partial charge in [-0.15, -0.1) is 0 Å². The van der Waals surface area contributed by atoms with E-state index < -0.39 is 0 Å². The largest absolute Gasteiger partial charge is 0.489 e. The minimum Gasteiger partial charge on any atom is -0.489 e. The van der Waals surface area contributed by atoms with Crippen LogP contribution in [-0.2, 0) is 0 Å². The lowest BCUT2D eigenvalue weighted by molar-refractivity contribution is 0.00441. The second-order valence-electron chi connectivity index (χ2n) is 9.27. The summed E-state index contributed by atoms with van der Waals surface area (Å²) in [5.41, 5.74) is 2.37. The van der Waals surface area contributed by atoms with Crippen molar-refractivity contribution in [1.82, 2.24) is 14.7 Å². The molecule has 0 spiro atoms. The van der Waals surface area contributed by atoms with E-state index in [1.54, 1.807) is 0 Å². The van der Waals surface area contributed by atoms with Crippen LogP contribution in [0.4, 0.5) is 0 Å². The van der Waals surface area contributed by atoms with Gasteiger partial charge in [0.05, 0.1) is 0 Å². The fraction of sp³-hybridized carbons (Fsp3) is 0.667. The maximum Gasteiger partial charge on any atom is 0.127 e. The average Bonchev–Trinajstić information content (AvgIpc) is 2.74. The number of likely N-dealkylation sites (tertiary alicyclic amines) is 1. The predicted molar refractivity (Wildman–Crippen MR) is 123 cm³/mol. The Morgan fingerprint density at radius 3 is 2.70 bits per heavy atom. The van der Waals surface area contributed by atoms with Crippen LogP contribution in [0.3, 0.4) is 0 Å². The number of hydrogen-bond donors (Lipinski definition) is 1. The second-order valence-corrected chi connectivity index (χ2v) is 9.71. The van der Waals surface area contributed by atoms with Crippen LogP contribution >= 0.6 is 11.6 Å². The molecular weight excluding hydrogens is 398 g/mol. The minimum atomic E-state index is 0.261. The van der Waals surface area contributed by atoms with Crippen LogP contribution in [0.1, 0.15) is 38.7 Å². The van der Waals surface area contributed by atoms with Crippen molar-refractivity contribution in [2.75, 3.05) is 52.5 Å². The van der Waals surface area contributed by atoms with Crippen molar-refractivity contribution in [3.63, 3.8) is 0 Å². The Hall–Kier alpha value is -1.11. The van der Waals surface area contributed by atoms with Crippen LogP contribution in [0.2, 0.25) is 5.02 Å². The molecule has 30 heavy (non-hydrogen) atoms. The lowest BCUT2D eigenvalue weighted by Gasteiger charge is -2.48. The van der Waals surface area contributed by atoms with Crippen LogP contribution in [0.25, 0.3) is 6.08 Å². The molecular formula is C24H36ClN3O2. The normalized spacial score (nSPS) is 24.6. The molecule has 5 nitrogen and oxygen atoms in total. The first-order valence-electron chi connectivity index (χ1n) is 11.5. The molecule has 0 saturated carbocycles. The third-order valence-electron chi connectivity index (χ3n) is 6.94. The minimum absolute atomic E-state index is 0.261. The Kier molecular flexibility index (Phi) is 7.37. The van der Waals surface area contributed by atoms with Gasteiger partial charge in [0.15, 0.2) is 0 Å². The van der Waals surface area contributed by atoms with E-state index in [1.165, 1.54) is 31.5 Å². The molecule has 1 aromatic rings. The van der Waals surface area contributed by atoms with E-state index in [9.17, 15) is 5.11 Å². The van der Waals surface area contributed by atoms with Crippen molar-refractivity contribution >= 4 is 17.7 Å². The highest BCUT2D eigenvalue weighted by Gasteiger charge is 2.34. The lowest BCUT2D eigenvalue weighted by atomic mass is 9.97. The summed E-state index contributed by atoms with van der Waals surface area (Å²) in [5.74, 6) is 0.916. The predicted octanol–water partition coefficient (Wildman–Crippen LogP) is 3.36. The van der Waals surface area contributed by atoms with Crippen LogP contribution in [0.15, 0.2) is 23.8 Å². The van der Waals surface area contributed by atoms with E-state index in [0.717, 1.165) is 48.9 Å². The maximum atomic E-state index is 9.70. The zero-order valence-electron chi connectivity index (χ0n) is 18.4. The number of fused-ring (bicyclic) bond motifs is 1. The molecule has 1 unspecified atom stereocenters. The molecule has 4 rings (SSSR count). The fourth-order valence-corrected chi connectivity index (χ4v) is 5.45. The number of hydrogen-bond acceptors (Lipinski definition) is 5. The number of halogens is 1. The van der Waals surface area contributed by atoms with Crippen LogP contribution in [-0.4, -0.2) is 90.4 Å². The topological polar surface area (TPSA) is 39.2 Å². The van der Waals surface area contributed by atoms with Crippen LogP contribution in [0, 0.1) is 0 Å². The molecule has 166 valence electrons. The van der Waals surface area contributed by atoms with Gasteiger partial charge < -0.3 is 14.7 Å². The number of aliphatic hydroxyl groups is 1. The Morgan fingerprint density at radius 1 is 1.17 bits per heavy atom. The van der Waals surface area contributed by atoms with Gasteiger partial charge in [0, 0.05) is 61.5 Å². The highest BCUT2D eigenvalue weighted by Crippen LogP contribution is 2.30. The number of rotatable bonds is 6. The van der Waals surface area contributed by atoms with E-state index >= 15 is 0 Å². The summed E-state index contributed by atoms with van der Waals surface area (Å²) in [7, 11) is 0. The zero-order valence-corrected chi connectivity index (χ0v) is 19.2. The van der Waals surface area contributed by atoms with Gasteiger partial charge >= 0.3 is 0 Å².